The molecule has 4 nitrogen and oxygen atoms in total. The largest absolute Gasteiger partial charge is 0.338 e. The number of aromatic nitrogens is 1. The van der Waals surface area contributed by atoms with Crippen LogP contribution in [0.3, 0.4) is 0 Å². The predicted molar refractivity (Wildman–Crippen MR) is 83.9 cm³/mol. The van der Waals surface area contributed by atoms with Gasteiger partial charge in [-0.1, -0.05) is 18.1 Å². The van der Waals surface area contributed by atoms with Crippen LogP contribution in [0.4, 0.5) is 5.88 Å². The molecule has 1 aliphatic rings. The Morgan fingerprint density at radius 2 is 2.24 bits per heavy atom. The summed E-state index contributed by atoms with van der Waals surface area (Å²) in [6.45, 7) is 2.10. The van der Waals surface area contributed by atoms with E-state index in [0.717, 1.165) is 47.6 Å². The lowest BCUT2D eigenvalue weighted by Gasteiger charge is -2.10. The van der Waals surface area contributed by atoms with Crippen molar-refractivity contribution in [3.05, 3.63) is 41.1 Å². The number of amides is 1. The number of fused-ring (bicyclic) bond motifs is 1. The fraction of sp³-hybridized carbons (Fsp3) is 0.375. The van der Waals surface area contributed by atoms with Crippen molar-refractivity contribution in [2.75, 3.05) is 11.1 Å². The molecule has 0 unspecified atom stereocenters. The molecule has 5 heteroatoms. The summed E-state index contributed by atoms with van der Waals surface area (Å²) in [7, 11) is 0. The standard InChI is InChI=1S/C16H18N2O2S/c1-2-21-12-7-5-6-11(10-12)15(19)17-16-13-8-3-4-9-14(13)18-20-16/h5-7,10H,2-4,8-9H2,1H3,(H,17,19). The van der Waals surface area contributed by atoms with Crippen LogP contribution < -0.4 is 5.32 Å². The van der Waals surface area contributed by atoms with E-state index in [1.807, 2.05) is 24.3 Å². The maximum Gasteiger partial charge on any atom is 0.258 e. The number of carbonyl (C=O) groups is 1. The van der Waals surface area contributed by atoms with Crippen LogP contribution in [0.1, 0.15) is 41.4 Å². The molecule has 2 aromatic rings. The third-order valence-corrected chi connectivity index (χ3v) is 4.47. The molecule has 0 saturated carbocycles. The van der Waals surface area contributed by atoms with Crippen molar-refractivity contribution in [3.63, 3.8) is 0 Å². The number of aryl methyl sites for hydroxylation is 1. The fourth-order valence-electron chi connectivity index (χ4n) is 2.56. The number of anilines is 1. The minimum Gasteiger partial charge on any atom is -0.338 e. The van der Waals surface area contributed by atoms with Gasteiger partial charge in [-0.15, -0.1) is 11.8 Å². The maximum atomic E-state index is 12.3. The van der Waals surface area contributed by atoms with Gasteiger partial charge in [0.1, 0.15) is 0 Å². The van der Waals surface area contributed by atoms with Crippen molar-refractivity contribution < 1.29 is 9.32 Å². The second-order valence-electron chi connectivity index (χ2n) is 5.06. The number of benzene rings is 1. The highest BCUT2D eigenvalue weighted by Gasteiger charge is 2.21. The van der Waals surface area contributed by atoms with Crippen molar-refractivity contribution in [2.24, 2.45) is 0 Å². The van der Waals surface area contributed by atoms with Gasteiger partial charge in [-0.05, 0) is 49.6 Å². The molecule has 1 aromatic carbocycles. The molecule has 0 atom stereocenters. The van der Waals surface area contributed by atoms with Gasteiger partial charge in [-0.3, -0.25) is 10.1 Å². The number of thioether (sulfide) groups is 1. The molecule has 0 aliphatic heterocycles. The summed E-state index contributed by atoms with van der Waals surface area (Å²) in [6.07, 6.45) is 4.14. The zero-order chi connectivity index (χ0) is 14.7. The Bertz CT molecular complexity index is 651. The van der Waals surface area contributed by atoms with Crippen molar-refractivity contribution in [1.29, 1.82) is 0 Å². The number of rotatable bonds is 4. The second kappa shape index (κ2) is 6.35. The average molecular weight is 302 g/mol. The average Bonchev–Trinajstić information content (AvgIpc) is 2.91. The Hall–Kier alpha value is -1.75. The van der Waals surface area contributed by atoms with Gasteiger partial charge in [0.15, 0.2) is 0 Å². The van der Waals surface area contributed by atoms with E-state index in [4.69, 9.17) is 4.52 Å². The molecular weight excluding hydrogens is 284 g/mol. The van der Waals surface area contributed by atoms with Crippen LogP contribution in [0.2, 0.25) is 0 Å². The van der Waals surface area contributed by atoms with Gasteiger partial charge in [0.05, 0.1) is 5.69 Å². The summed E-state index contributed by atoms with van der Waals surface area (Å²) in [5.41, 5.74) is 2.70. The van der Waals surface area contributed by atoms with Crippen LogP contribution in [0.25, 0.3) is 0 Å². The summed E-state index contributed by atoms with van der Waals surface area (Å²) >= 11 is 1.72. The molecule has 110 valence electrons. The molecule has 0 saturated heterocycles. The molecule has 0 fully saturated rings. The lowest BCUT2D eigenvalue weighted by Crippen LogP contribution is -2.13. The van der Waals surface area contributed by atoms with Crippen molar-refractivity contribution in [1.82, 2.24) is 5.16 Å². The van der Waals surface area contributed by atoms with E-state index in [9.17, 15) is 4.79 Å². The highest BCUT2D eigenvalue weighted by atomic mass is 32.2. The first-order chi connectivity index (χ1) is 10.3. The van der Waals surface area contributed by atoms with Gasteiger partial charge in [-0.2, -0.15) is 0 Å². The van der Waals surface area contributed by atoms with Gasteiger partial charge < -0.3 is 4.52 Å². The third-order valence-electron chi connectivity index (χ3n) is 3.59. The van der Waals surface area contributed by atoms with Gasteiger partial charge in [0.25, 0.3) is 5.91 Å². The van der Waals surface area contributed by atoms with Gasteiger partial charge in [-0.25, -0.2) is 0 Å². The topological polar surface area (TPSA) is 55.1 Å². The summed E-state index contributed by atoms with van der Waals surface area (Å²) in [4.78, 5) is 13.4. The van der Waals surface area contributed by atoms with E-state index in [-0.39, 0.29) is 5.91 Å². The monoisotopic (exact) mass is 302 g/mol. The lowest BCUT2D eigenvalue weighted by molar-refractivity contribution is 0.102. The Kier molecular flexibility index (Phi) is 4.29. The van der Waals surface area contributed by atoms with Crippen molar-refractivity contribution in [2.45, 2.75) is 37.5 Å². The van der Waals surface area contributed by atoms with Gasteiger partial charge in [0, 0.05) is 16.0 Å². The molecule has 3 rings (SSSR count). The Labute approximate surface area is 128 Å². The van der Waals surface area contributed by atoms with E-state index < -0.39 is 0 Å². The Morgan fingerprint density at radius 3 is 3.10 bits per heavy atom. The minimum absolute atomic E-state index is 0.141. The molecular formula is C16H18N2O2S. The molecule has 1 aromatic heterocycles. The second-order valence-corrected chi connectivity index (χ2v) is 6.40. The molecule has 21 heavy (non-hydrogen) atoms. The first-order valence-corrected chi connectivity index (χ1v) is 8.28. The highest BCUT2D eigenvalue weighted by molar-refractivity contribution is 7.99. The van der Waals surface area contributed by atoms with E-state index in [1.54, 1.807) is 11.8 Å². The predicted octanol–water partition coefficient (Wildman–Crippen LogP) is 3.92. The Balaban J connectivity index is 1.77. The molecule has 1 aliphatic carbocycles. The summed E-state index contributed by atoms with van der Waals surface area (Å²) in [5, 5.41) is 6.91. The number of hydrogen-bond acceptors (Lipinski definition) is 4. The first kappa shape index (κ1) is 14.2. The Morgan fingerprint density at radius 1 is 1.38 bits per heavy atom. The van der Waals surface area contributed by atoms with E-state index in [1.165, 1.54) is 0 Å². The zero-order valence-electron chi connectivity index (χ0n) is 12.0. The van der Waals surface area contributed by atoms with Gasteiger partial charge in [0.2, 0.25) is 5.88 Å². The molecule has 0 spiro atoms. The van der Waals surface area contributed by atoms with E-state index in [2.05, 4.69) is 17.4 Å². The van der Waals surface area contributed by atoms with Crippen LogP contribution in [-0.2, 0) is 12.8 Å². The van der Waals surface area contributed by atoms with Crippen molar-refractivity contribution in [3.8, 4) is 0 Å². The highest BCUT2D eigenvalue weighted by Crippen LogP contribution is 2.28. The van der Waals surface area contributed by atoms with Crippen LogP contribution in [0, 0.1) is 0 Å². The van der Waals surface area contributed by atoms with Gasteiger partial charge >= 0.3 is 0 Å². The van der Waals surface area contributed by atoms with Crippen LogP contribution in [0.5, 0.6) is 0 Å². The number of nitrogens with one attached hydrogen (secondary N) is 1. The SMILES string of the molecule is CCSc1cccc(C(=O)Nc2onc3c2CCCC3)c1. The lowest BCUT2D eigenvalue weighted by atomic mass is 9.97. The number of hydrogen-bond donors (Lipinski definition) is 1. The molecule has 0 bridgehead atoms. The van der Waals surface area contributed by atoms with E-state index in [0.29, 0.717) is 11.4 Å². The third kappa shape index (κ3) is 3.13. The zero-order valence-corrected chi connectivity index (χ0v) is 12.8. The summed E-state index contributed by atoms with van der Waals surface area (Å²) in [6, 6.07) is 7.65. The molecule has 1 N–H and O–H groups in total. The first-order valence-electron chi connectivity index (χ1n) is 7.29. The van der Waals surface area contributed by atoms with Crippen LogP contribution in [0.15, 0.2) is 33.7 Å². The molecule has 1 amide bonds. The smallest absolute Gasteiger partial charge is 0.258 e. The number of carbonyl (C=O) groups excluding carboxylic acids is 1. The number of nitrogens with zero attached hydrogens (tertiary/aromatic N) is 1. The minimum atomic E-state index is -0.141. The summed E-state index contributed by atoms with van der Waals surface area (Å²) < 4.78 is 5.30. The summed E-state index contributed by atoms with van der Waals surface area (Å²) in [5.74, 6) is 1.36. The van der Waals surface area contributed by atoms with Crippen LogP contribution in [-0.4, -0.2) is 16.8 Å². The quantitative estimate of drug-likeness (QED) is 0.870. The fourth-order valence-corrected chi connectivity index (χ4v) is 3.28. The van der Waals surface area contributed by atoms with E-state index >= 15 is 0 Å². The molecule has 0 radical (unpaired) electrons. The maximum absolute atomic E-state index is 12.3. The normalized spacial score (nSPS) is 13.8. The van der Waals surface area contributed by atoms with Crippen LogP contribution >= 0.6 is 11.8 Å². The molecule has 1 heterocycles. The van der Waals surface area contributed by atoms with Crippen molar-refractivity contribution >= 4 is 23.6 Å².